The van der Waals surface area contributed by atoms with E-state index in [2.05, 4.69) is 6.92 Å². The van der Waals surface area contributed by atoms with Crippen LogP contribution in [0.3, 0.4) is 0 Å². The Morgan fingerprint density at radius 2 is 1.73 bits per heavy atom. The molecule has 0 aromatic rings. The highest BCUT2D eigenvalue weighted by Crippen LogP contribution is 2.71. The standard InChI is InChI=1S/C21H32O5/c1-12(22)26-17-7-8-19(2,18(24)25)15-6-9-21-10-13(14(23)11-21)4-5-16(21)20(15,17)3/h13-17,23H,4-11H2,1-3H3,(H,24,25)/t13-,14-,15+,16-,17-,19+,20+,21-/m0/s1. The van der Waals surface area contributed by atoms with E-state index in [9.17, 15) is 19.8 Å². The zero-order chi connectivity index (χ0) is 18.9. The van der Waals surface area contributed by atoms with Crippen LogP contribution in [0.15, 0.2) is 0 Å². The summed E-state index contributed by atoms with van der Waals surface area (Å²) in [6, 6.07) is 0. The second-order valence-corrected chi connectivity index (χ2v) is 10.0. The van der Waals surface area contributed by atoms with Gasteiger partial charge in [-0.05, 0) is 81.5 Å². The van der Waals surface area contributed by atoms with E-state index in [-0.39, 0.29) is 34.9 Å². The third kappa shape index (κ3) is 2.25. The molecule has 0 aromatic carbocycles. The maximum Gasteiger partial charge on any atom is 0.309 e. The maximum absolute atomic E-state index is 12.2. The average molecular weight is 364 g/mol. The first-order chi connectivity index (χ1) is 12.1. The van der Waals surface area contributed by atoms with E-state index in [1.807, 2.05) is 6.92 Å². The van der Waals surface area contributed by atoms with Crippen LogP contribution < -0.4 is 0 Å². The van der Waals surface area contributed by atoms with Crippen LogP contribution in [0, 0.1) is 34.0 Å². The summed E-state index contributed by atoms with van der Waals surface area (Å²) in [6.45, 7) is 5.55. The first-order valence-corrected chi connectivity index (χ1v) is 10.2. The number of carbonyl (C=O) groups is 2. The highest BCUT2D eigenvalue weighted by Gasteiger charge is 2.69. The summed E-state index contributed by atoms with van der Waals surface area (Å²) >= 11 is 0. The Morgan fingerprint density at radius 3 is 2.38 bits per heavy atom. The number of aliphatic hydroxyl groups is 1. The van der Waals surface area contributed by atoms with Crippen molar-refractivity contribution < 1.29 is 24.5 Å². The number of carboxylic acid groups (broad SMARTS) is 1. The van der Waals surface area contributed by atoms with Gasteiger partial charge < -0.3 is 14.9 Å². The van der Waals surface area contributed by atoms with Gasteiger partial charge in [0.1, 0.15) is 6.10 Å². The van der Waals surface area contributed by atoms with Crippen molar-refractivity contribution >= 4 is 11.9 Å². The van der Waals surface area contributed by atoms with Gasteiger partial charge in [-0.15, -0.1) is 0 Å². The lowest BCUT2D eigenvalue weighted by Gasteiger charge is -2.65. The molecule has 4 saturated carbocycles. The fourth-order valence-electron chi connectivity index (χ4n) is 7.94. The zero-order valence-corrected chi connectivity index (χ0v) is 16.2. The van der Waals surface area contributed by atoms with Gasteiger partial charge in [0.15, 0.2) is 0 Å². The molecule has 0 saturated heterocycles. The second kappa shape index (κ2) is 5.70. The molecule has 4 aliphatic carbocycles. The second-order valence-electron chi connectivity index (χ2n) is 10.0. The predicted molar refractivity (Wildman–Crippen MR) is 95.2 cm³/mol. The largest absolute Gasteiger partial charge is 0.481 e. The van der Waals surface area contributed by atoms with Crippen LogP contribution in [-0.2, 0) is 14.3 Å². The predicted octanol–water partition coefficient (Wildman–Crippen LogP) is 3.39. The molecule has 0 aliphatic heterocycles. The van der Waals surface area contributed by atoms with Crippen molar-refractivity contribution in [3.8, 4) is 0 Å². The number of fused-ring (bicyclic) bond motifs is 3. The summed E-state index contributed by atoms with van der Waals surface area (Å²) in [5, 5.41) is 20.6. The van der Waals surface area contributed by atoms with Crippen molar-refractivity contribution in [3.05, 3.63) is 0 Å². The van der Waals surface area contributed by atoms with Gasteiger partial charge in [-0.25, -0.2) is 0 Å². The van der Waals surface area contributed by atoms with Crippen molar-refractivity contribution in [1.82, 2.24) is 0 Å². The summed E-state index contributed by atoms with van der Waals surface area (Å²) < 4.78 is 5.82. The highest BCUT2D eigenvalue weighted by molar-refractivity contribution is 5.75. The molecule has 5 nitrogen and oxygen atoms in total. The van der Waals surface area contributed by atoms with Gasteiger partial charge in [0.05, 0.1) is 11.5 Å². The summed E-state index contributed by atoms with van der Waals surface area (Å²) in [5.41, 5.74) is -0.992. The van der Waals surface area contributed by atoms with E-state index in [0.717, 1.165) is 38.5 Å². The molecule has 1 spiro atoms. The van der Waals surface area contributed by atoms with E-state index >= 15 is 0 Å². The van der Waals surface area contributed by atoms with Crippen molar-refractivity contribution in [3.63, 3.8) is 0 Å². The first kappa shape index (κ1) is 18.3. The van der Waals surface area contributed by atoms with Gasteiger partial charge in [0.2, 0.25) is 0 Å². The molecule has 5 heteroatoms. The van der Waals surface area contributed by atoms with E-state index in [4.69, 9.17) is 4.74 Å². The van der Waals surface area contributed by atoms with Gasteiger partial charge >= 0.3 is 11.9 Å². The van der Waals surface area contributed by atoms with Crippen LogP contribution in [0.1, 0.15) is 72.1 Å². The highest BCUT2D eigenvalue weighted by atomic mass is 16.5. The van der Waals surface area contributed by atoms with Crippen LogP contribution in [0.4, 0.5) is 0 Å². The minimum atomic E-state index is -0.763. The smallest absolute Gasteiger partial charge is 0.309 e. The molecule has 0 heterocycles. The summed E-state index contributed by atoms with van der Waals surface area (Å²) in [7, 11) is 0. The Morgan fingerprint density at radius 1 is 1.00 bits per heavy atom. The SMILES string of the molecule is CC(=O)O[C@H]1CC[C@@](C)(C(=O)O)[C@H]2CC[C@@]34C[C@H](CC[C@H]3[C@]12C)[C@@H](O)C4. The molecule has 8 atom stereocenters. The number of carbonyl (C=O) groups excluding carboxylic acids is 1. The molecular formula is C21H32O5. The first-order valence-electron chi connectivity index (χ1n) is 10.2. The molecule has 2 N–H and O–H groups in total. The Labute approximate surface area is 155 Å². The summed E-state index contributed by atoms with van der Waals surface area (Å²) in [6.07, 6.45) is 6.51. The molecule has 0 unspecified atom stereocenters. The third-order valence-corrected chi connectivity index (χ3v) is 9.01. The van der Waals surface area contributed by atoms with Gasteiger partial charge in [0, 0.05) is 12.3 Å². The monoisotopic (exact) mass is 364 g/mol. The maximum atomic E-state index is 12.2. The number of carboxylic acids is 1. The lowest BCUT2D eigenvalue weighted by Crippen LogP contribution is -2.64. The number of hydrogen-bond acceptors (Lipinski definition) is 4. The fourth-order valence-corrected chi connectivity index (χ4v) is 7.94. The normalized spacial score (nSPS) is 52.7. The Hall–Kier alpha value is -1.10. The molecule has 4 aliphatic rings. The Balaban J connectivity index is 1.79. The van der Waals surface area contributed by atoms with Crippen molar-refractivity contribution in [2.45, 2.75) is 84.3 Å². The average Bonchev–Trinajstić information content (AvgIpc) is 2.79. The molecule has 146 valence electrons. The van der Waals surface area contributed by atoms with E-state index in [1.54, 1.807) is 0 Å². The minimum Gasteiger partial charge on any atom is -0.481 e. The Bertz CT molecular complexity index is 628. The van der Waals surface area contributed by atoms with Crippen LogP contribution in [0.2, 0.25) is 0 Å². The number of rotatable bonds is 2. The van der Waals surface area contributed by atoms with Crippen molar-refractivity contribution in [2.75, 3.05) is 0 Å². The Kier molecular flexibility index (Phi) is 4.00. The van der Waals surface area contributed by atoms with Crippen LogP contribution in [0.5, 0.6) is 0 Å². The van der Waals surface area contributed by atoms with Gasteiger partial charge in [-0.2, -0.15) is 0 Å². The number of aliphatic hydroxyl groups excluding tert-OH is 1. The molecule has 0 amide bonds. The third-order valence-electron chi connectivity index (χ3n) is 9.01. The quantitative estimate of drug-likeness (QED) is 0.734. The van der Waals surface area contributed by atoms with Gasteiger partial charge in [-0.3, -0.25) is 9.59 Å². The lowest BCUT2D eigenvalue weighted by molar-refractivity contribution is -0.221. The number of ether oxygens (including phenoxy) is 1. The van der Waals surface area contributed by atoms with E-state index in [1.165, 1.54) is 6.92 Å². The van der Waals surface area contributed by atoms with Crippen LogP contribution in [-0.4, -0.2) is 34.4 Å². The van der Waals surface area contributed by atoms with Gasteiger partial charge in [-0.1, -0.05) is 6.92 Å². The minimum absolute atomic E-state index is 0.00974. The molecule has 26 heavy (non-hydrogen) atoms. The fraction of sp³-hybridized carbons (Fsp3) is 0.905. The summed E-state index contributed by atoms with van der Waals surface area (Å²) in [5.74, 6) is -0.256. The van der Waals surface area contributed by atoms with E-state index in [0.29, 0.717) is 24.7 Å². The number of esters is 1. The molecule has 4 fully saturated rings. The molecule has 0 radical (unpaired) electrons. The topological polar surface area (TPSA) is 83.8 Å². The summed E-state index contributed by atoms with van der Waals surface area (Å²) in [4.78, 5) is 24.0. The van der Waals surface area contributed by atoms with Crippen LogP contribution >= 0.6 is 0 Å². The van der Waals surface area contributed by atoms with Crippen LogP contribution in [0.25, 0.3) is 0 Å². The van der Waals surface area contributed by atoms with E-state index < -0.39 is 11.4 Å². The molecule has 4 rings (SSSR count). The number of hydrogen-bond donors (Lipinski definition) is 2. The number of aliphatic carboxylic acids is 1. The lowest BCUT2D eigenvalue weighted by atomic mass is 9.40. The molecule has 0 aromatic heterocycles. The zero-order valence-electron chi connectivity index (χ0n) is 16.2. The van der Waals surface area contributed by atoms with Crippen molar-refractivity contribution in [2.24, 2.45) is 34.0 Å². The van der Waals surface area contributed by atoms with Crippen molar-refractivity contribution in [1.29, 1.82) is 0 Å². The van der Waals surface area contributed by atoms with Gasteiger partial charge in [0.25, 0.3) is 0 Å². The molecule has 2 bridgehead atoms. The molecular weight excluding hydrogens is 332 g/mol.